The summed E-state index contributed by atoms with van der Waals surface area (Å²) >= 11 is 1.66. The third kappa shape index (κ3) is 2.22. The molecule has 1 heterocycles. The Morgan fingerprint density at radius 2 is 2.40 bits per heavy atom. The molecule has 1 aromatic heterocycles. The van der Waals surface area contributed by atoms with Gasteiger partial charge in [-0.2, -0.15) is 0 Å². The van der Waals surface area contributed by atoms with E-state index in [1.807, 2.05) is 6.92 Å². The summed E-state index contributed by atoms with van der Waals surface area (Å²) in [5, 5.41) is 12.7. The molecule has 1 aliphatic rings. The van der Waals surface area contributed by atoms with Gasteiger partial charge in [-0.15, -0.1) is 11.3 Å². The Labute approximate surface area is 94.3 Å². The lowest BCUT2D eigenvalue weighted by Gasteiger charge is -2.29. The van der Waals surface area contributed by atoms with E-state index in [0.29, 0.717) is 12.5 Å². The standard InChI is InChI=1S/C11H18N2OS/c1-8-13-10(5-15-8)4-11(6-12,7-14)9-2-3-9/h5,9,14H,2-4,6-7,12H2,1H3. The van der Waals surface area contributed by atoms with Gasteiger partial charge < -0.3 is 10.8 Å². The number of aliphatic hydroxyl groups excluding tert-OH is 1. The molecule has 15 heavy (non-hydrogen) atoms. The Morgan fingerprint density at radius 3 is 2.80 bits per heavy atom. The number of hydrogen-bond donors (Lipinski definition) is 2. The normalized spacial score (nSPS) is 20.2. The quantitative estimate of drug-likeness (QED) is 0.796. The van der Waals surface area contributed by atoms with E-state index in [1.54, 1.807) is 11.3 Å². The van der Waals surface area contributed by atoms with Crippen molar-refractivity contribution in [1.29, 1.82) is 0 Å². The van der Waals surface area contributed by atoms with Crippen molar-refractivity contribution < 1.29 is 5.11 Å². The molecule has 4 heteroatoms. The minimum absolute atomic E-state index is 0.111. The molecule has 1 aromatic rings. The van der Waals surface area contributed by atoms with Crippen molar-refractivity contribution in [3.8, 4) is 0 Å². The van der Waals surface area contributed by atoms with E-state index in [2.05, 4.69) is 10.4 Å². The zero-order chi connectivity index (χ0) is 10.9. The van der Waals surface area contributed by atoms with Crippen LogP contribution in [0.5, 0.6) is 0 Å². The third-order valence-corrected chi connectivity index (χ3v) is 4.19. The van der Waals surface area contributed by atoms with Crippen molar-refractivity contribution in [1.82, 2.24) is 4.98 Å². The van der Waals surface area contributed by atoms with Gasteiger partial charge in [0.15, 0.2) is 0 Å². The van der Waals surface area contributed by atoms with Gasteiger partial charge in [0.25, 0.3) is 0 Å². The van der Waals surface area contributed by atoms with Crippen molar-refractivity contribution in [2.24, 2.45) is 17.1 Å². The second kappa shape index (κ2) is 4.20. The second-order valence-corrected chi connectivity index (χ2v) is 5.60. The number of aliphatic hydroxyl groups is 1. The molecule has 0 spiro atoms. The van der Waals surface area contributed by atoms with Gasteiger partial charge in [-0.1, -0.05) is 0 Å². The first kappa shape index (κ1) is 11.0. The van der Waals surface area contributed by atoms with E-state index in [0.717, 1.165) is 17.1 Å². The van der Waals surface area contributed by atoms with Gasteiger partial charge >= 0.3 is 0 Å². The number of nitrogens with two attached hydrogens (primary N) is 1. The highest BCUT2D eigenvalue weighted by Crippen LogP contribution is 2.46. The summed E-state index contributed by atoms with van der Waals surface area (Å²) in [6, 6.07) is 0. The van der Waals surface area contributed by atoms with Crippen LogP contribution in [0.2, 0.25) is 0 Å². The largest absolute Gasteiger partial charge is 0.396 e. The van der Waals surface area contributed by atoms with Crippen LogP contribution in [0.1, 0.15) is 23.5 Å². The smallest absolute Gasteiger partial charge is 0.0897 e. The number of aromatic nitrogens is 1. The van der Waals surface area contributed by atoms with E-state index in [4.69, 9.17) is 5.73 Å². The van der Waals surface area contributed by atoms with Crippen LogP contribution in [0, 0.1) is 18.3 Å². The average molecular weight is 226 g/mol. The van der Waals surface area contributed by atoms with E-state index >= 15 is 0 Å². The van der Waals surface area contributed by atoms with Gasteiger partial charge in [-0.3, -0.25) is 0 Å². The highest BCUT2D eigenvalue weighted by atomic mass is 32.1. The molecule has 1 saturated carbocycles. The Hall–Kier alpha value is -0.450. The van der Waals surface area contributed by atoms with E-state index in [9.17, 15) is 5.11 Å². The number of nitrogens with zero attached hydrogens (tertiary/aromatic N) is 1. The predicted octanol–water partition coefficient (Wildman–Crippen LogP) is 1.34. The van der Waals surface area contributed by atoms with Crippen LogP contribution < -0.4 is 5.73 Å². The lowest BCUT2D eigenvalue weighted by molar-refractivity contribution is 0.108. The lowest BCUT2D eigenvalue weighted by atomic mass is 9.79. The summed E-state index contributed by atoms with van der Waals surface area (Å²) in [4.78, 5) is 4.45. The van der Waals surface area contributed by atoms with Crippen LogP contribution >= 0.6 is 11.3 Å². The lowest BCUT2D eigenvalue weighted by Crippen LogP contribution is -2.38. The molecule has 0 saturated heterocycles. The third-order valence-electron chi connectivity index (χ3n) is 3.36. The SMILES string of the molecule is Cc1nc(CC(CN)(CO)C2CC2)cs1. The molecule has 3 N–H and O–H groups in total. The van der Waals surface area contributed by atoms with Gasteiger partial charge in [0.1, 0.15) is 0 Å². The van der Waals surface area contributed by atoms with Crippen LogP contribution in [0.25, 0.3) is 0 Å². The Bertz CT molecular complexity index is 329. The number of rotatable bonds is 5. The molecule has 3 nitrogen and oxygen atoms in total. The van der Waals surface area contributed by atoms with E-state index in [1.165, 1.54) is 12.8 Å². The van der Waals surface area contributed by atoms with Gasteiger partial charge in [0, 0.05) is 17.3 Å². The average Bonchev–Trinajstić information content (AvgIpc) is 3.01. The minimum Gasteiger partial charge on any atom is -0.396 e. The van der Waals surface area contributed by atoms with Crippen LogP contribution in [0.3, 0.4) is 0 Å². The summed E-state index contributed by atoms with van der Waals surface area (Å²) in [5.74, 6) is 0.606. The van der Waals surface area contributed by atoms with E-state index < -0.39 is 0 Å². The maximum absolute atomic E-state index is 9.55. The number of aryl methyl sites for hydroxylation is 1. The highest BCUT2D eigenvalue weighted by molar-refractivity contribution is 7.09. The summed E-state index contributed by atoms with van der Waals surface area (Å²) in [7, 11) is 0. The molecule has 1 atom stereocenters. The van der Waals surface area contributed by atoms with Gasteiger partial charge in [-0.05, 0) is 32.1 Å². The maximum Gasteiger partial charge on any atom is 0.0897 e. The zero-order valence-corrected chi connectivity index (χ0v) is 9.89. The molecule has 0 aliphatic heterocycles. The van der Waals surface area contributed by atoms with Crippen LogP contribution in [-0.2, 0) is 6.42 Å². The minimum atomic E-state index is -0.111. The summed E-state index contributed by atoms with van der Waals surface area (Å²) in [6.07, 6.45) is 3.25. The van der Waals surface area contributed by atoms with Crippen molar-refractivity contribution in [3.05, 3.63) is 16.1 Å². The predicted molar refractivity (Wildman–Crippen MR) is 61.9 cm³/mol. The molecule has 1 unspecified atom stereocenters. The van der Waals surface area contributed by atoms with Gasteiger partial charge in [0.05, 0.1) is 17.3 Å². The zero-order valence-electron chi connectivity index (χ0n) is 9.07. The second-order valence-electron chi connectivity index (χ2n) is 4.53. The fourth-order valence-electron chi connectivity index (χ4n) is 2.18. The maximum atomic E-state index is 9.55. The van der Waals surface area contributed by atoms with E-state index in [-0.39, 0.29) is 12.0 Å². The van der Waals surface area contributed by atoms with Crippen LogP contribution in [0.4, 0.5) is 0 Å². The number of thiazole rings is 1. The highest BCUT2D eigenvalue weighted by Gasteiger charge is 2.44. The molecule has 0 aromatic carbocycles. The fraction of sp³-hybridized carbons (Fsp3) is 0.727. The molecule has 1 fully saturated rings. The molecule has 1 aliphatic carbocycles. The Balaban J connectivity index is 2.12. The fourth-order valence-corrected chi connectivity index (χ4v) is 2.79. The summed E-state index contributed by atoms with van der Waals surface area (Å²) < 4.78 is 0. The van der Waals surface area contributed by atoms with Crippen molar-refractivity contribution in [2.45, 2.75) is 26.2 Å². The summed E-state index contributed by atoms with van der Waals surface area (Å²) in [6.45, 7) is 2.75. The monoisotopic (exact) mass is 226 g/mol. The molecule has 84 valence electrons. The molecular formula is C11H18N2OS. The molecule has 0 bridgehead atoms. The van der Waals surface area contributed by atoms with Crippen molar-refractivity contribution in [3.63, 3.8) is 0 Å². The first-order valence-electron chi connectivity index (χ1n) is 5.42. The molecule has 0 amide bonds. The van der Waals surface area contributed by atoms with Crippen molar-refractivity contribution >= 4 is 11.3 Å². The Morgan fingerprint density at radius 1 is 1.67 bits per heavy atom. The van der Waals surface area contributed by atoms with Crippen LogP contribution in [0.15, 0.2) is 5.38 Å². The summed E-state index contributed by atoms with van der Waals surface area (Å²) in [5.41, 5.74) is 6.81. The Kier molecular flexibility index (Phi) is 3.09. The first-order chi connectivity index (χ1) is 7.20. The van der Waals surface area contributed by atoms with Gasteiger partial charge in [-0.25, -0.2) is 4.98 Å². The number of hydrogen-bond acceptors (Lipinski definition) is 4. The molecule has 2 rings (SSSR count). The van der Waals surface area contributed by atoms with Crippen molar-refractivity contribution in [2.75, 3.05) is 13.2 Å². The topological polar surface area (TPSA) is 59.1 Å². The molecular weight excluding hydrogens is 208 g/mol. The van der Waals surface area contributed by atoms with Gasteiger partial charge in [0.2, 0.25) is 0 Å². The first-order valence-corrected chi connectivity index (χ1v) is 6.30. The molecule has 0 radical (unpaired) electrons. The van der Waals surface area contributed by atoms with Crippen LogP contribution in [-0.4, -0.2) is 23.2 Å².